The summed E-state index contributed by atoms with van der Waals surface area (Å²) < 4.78 is 46.4. The molecule has 0 aromatic heterocycles. The average molecular weight is 486 g/mol. The second-order valence-electron chi connectivity index (χ2n) is 7.58. The SMILES string of the molecule is Cc1ccc(S(=O)(=O)OCC2COc3ccc(NC(=O)OCc4ccccc4)c(O)c3O2)cc1. The minimum atomic E-state index is -3.99. The van der Waals surface area contributed by atoms with Crippen molar-refractivity contribution in [2.75, 3.05) is 18.5 Å². The summed E-state index contributed by atoms with van der Waals surface area (Å²) in [5.74, 6) is -0.160. The highest BCUT2D eigenvalue weighted by Crippen LogP contribution is 2.44. The van der Waals surface area contributed by atoms with Crippen molar-refractivity contribution < 1.29 is 36.7 Å². The highest BCUT2D eigenvalue weighted by molar-refractivity contribution is 7.86. The number of rotatable bonds is 7. The van der Waals surface area contributed by atoms with Gasteiger partial charge in [-0.1, -0.05) is 48.0 Å². The average Bonchev–Trinajstić information content (AvgIpc) is 2.84. The first-order chi connectivity index (χ1) is 16.3. The number of phenolic OH excluding ortho intramolecular Hbond substituents is 1. The van der Waals surface area contributed by atoms with E-state index in [2.05, 4.69) is 5.32 Å². The number of fused-ring (bicyclic) bond motifs is 1. The molecule has 0 saturated carbocycles. The van der Waals surface area contributed by atoms with Crippen molar-refractivity contribution in [2.24, 2.45) is 0 Å². The Morgan fingerprint density at radius 1 is 1.09 bits per heavy atom. The molecule has 3 aromatic carbocycles. The molecule has 34 heavy (non-hydrogen) atoms. The highest BCUT2D eigenvalue weighted by atomic mass is 32.2. The number of amides is 1. The molecule has 1 atom stereocenters. The van der Waals surface area contributed by atoms with Crippen LogP contribution in [-0.4, -0.2) is 38.9 Å². The molecule has 1 amide bonds. The highest BCUT2D eigenvalue weighted by Gasteiger charge is 2.28. The maximum atomic E-state index is 12.4. The Hall–Kier alpha value is -3.76. The number of hydrogen-bond acceptors (Lipinski definition) is 8. The van der Waals surface area contributed by atoms with Gasteiger partial charge in [-0.05, 0) is 36.8 Å². The number of anilines is 1. The molecule has 1 aliphatic rings. The van der Waals surface area contributed by atoms with E-state index in [4.69, 9.17) is 18.4 Å². The van der Waals surface area contributed by atoms with Crippen molar-refractivity contribution in [3.63, 3.8) is 0 Å². The Balaban J connectivity index is 1.37. The molecule has 178 valence electrons. The normalized spacial score (nSPS) is 14.9. The van der Waals surface area contributed by atoms with Gasteiger partial charge in [0.05, 0.1) is 10.6 Å². The zero-order chi connectivity index (χ0) is 24.1. The maximum absolute atomic E-state index is 12.4. The van der Waals surface area contributed by atoms with Crippen LogP contribution in [0.2, 0.25) is 0 Å². The summed E-state index contributed by atoms with van der Waals surface area (Å²) in [5, 5.41) is 13.0. The van der Waals surface area contributed by atoms with Gasteiger partial charge in [0.2, 0.25) is 5.75 Å². The Bertz CT molecular complexity index is 1260. The molecule has 0 saturated heterocycles. The van der Waals surface area contributed by atoms with Gasteiger partial charge >= 0.3 is 6.09 Å². The Kier molecular flexibility index (Phi) is 6.90. The number of nitrogens with one attached hydrogen (secondary N) is 1. The standard InChI is InChI=1S/C24H23NO8S/c1-16-7-9-19(10-8-16)34(28,29)32-15-18-14-30-21-12-11-20(22(26)23(21)33-18)25-24(27)31-13-17-5-3-2-4-6-17/h2-12,18,26H,13-15H2,1H3,(H,25,27). The minimum absolute atomic E-state index is 0.0156. The predicted octanol–water partition coefficient (Wildman–Crippen LogP) is 3.99. The van der Waals surface area contributed by atoms with Gasteiger partial charge < -0.3 is 19.3 Å². The fraction of sp³-hybridized carbons (Fsp3) is 0.208. The predicted molar refractivity (Wildman–Crippen MR) is 123 cm³/mol. The van der Waals surface area contributed by atoms with Crippen LogP contribution in [0.5, 0.6) is 17.2 Å². The number of aromatic hydroxyl groups is 1. The van der Waals surface area contributed by atoms with Gasteiger partial charge in [-0.15, -0.1) is 0 Å². The summed E-state index contributed by atoms with van der Waals surface area (Å²) in [7, 11) is -3.99. The van der Waals surface area contributed by atoms with Gasteiger partial charge in [-0.25, -0.2) is 4.79 Å². The third kappa shape index (κ3) is 5.59. The fourth-order valence-electron chi connectivity index (χ4n) is 3.15. The van der Waals surface area contributed by atoms with Crippen LogP contribution < -0.4 is 14.8 Å². The first-order valence-corrected chi connectivity index (χ1v) is 11.8. The lowest BCUT2D eigenvalue weighted by Gasteiger charge is -2.27. The van der Waals surface area contributed by atoms with Crippen LogP contribution in [0.4, 0.5) is 10.5 Å². The van der Waals surface area contributed by atoms with Crippen LogP contribution in [-0.2, 0) is 25.6 Å². The smallest absolute Gasteiger partial charge is 0.412 e. The lowest BCUT2D eigenvalue weighted by atomic mass is 10.2. The van der Waals surface area contributed by atoms with Crippen molar-refractivity contribution in [2.45, 2.75) is 24.5 Å². The second-order valence-corrected chi connectivity index (χ2v) is 9.19. The number of hydrogen-bond donors (Lipinski definition) is 2. The number of aryl methyl sites for hydroxylation is 1. The van der Waals surface area contributed by atoms with E-state index in [1.165, 1.54) is 24.3 Å². The third-order valence-corrected chi connectivity index (χ3v) is 6.27. The topological polar surface area (TPSA) is 120 Å². The lowest BCUT2D eigenvalue weighted by molar-refractivity contribution is 0.0528. The quantitative estimate of drug-likeness (QED) is 0.381. The molecule has 0 fully saturated rings. The Morgan fingerprint density at radius 2 is 1.82 bits per heavy atom. The lowest BCUT2D eigenvalue weighted by Crippen LogP contribution is -2.34. The first-order valence-electron chi connectivity index (χ1n) is 10.4. The molecular weight excluding hydrogens is 462 g/mol. The summed E-state index contributed by atoms with van der Waals surface area (Å²) in [6, 6.07) is 18.4. The van der Waals surface area contributed by atoms with Gasteiger partial charge in [0, 0.05) is 0 Å². The summed E-state index contributed by atoms with van der Waals surface area (Å²) in [5.41, 5.74) is 1.78. The largest absolute Gasteiger partial charge is 0.503 e. The van der Waals surface area contributed by atoms with Crippen LogP contribution in [0.1, 0.15) is 11.1 Å². The second kappa shape index (κ2) is 10.0. The molecule has 0 aliphatic carbocycles. The van der Waals surface area contributed by atoms with Crippen LogP contribution in [0.15, 0.2) is 71.6 Å². The number of phenols is 1. The van der Waals surface area contributed by atoms with Crippen molar-refractivity contribution in [3.05, 3.63) is 77.9 Å². The molecule has 0 spiro atoms. The van der Waals surface area contributed by atoms with Gasteiger partial charge in [-0.3, -0.25) is 9.50 Å². The molecule has 0 radical (unpaired) electrons. The minimum Gasteiger partial charge on any atom is -0.503 e. The van der Waals surface area contributed by atoms with E-state index in [0.29, 0.717) is 0 Å². The fourth-order valence-corrected chi connectivity index (χ4v) is 4.09. The molecule has 1 aliphatic heterocycles. The van der Waals surface area contributed by atoms with Gasteiger partial charge in [0.25, 0.3) is 10.1 Å². The van der Waals surface area contributed by atoms with E-state index >= 15 is 0 Å². The maximum Gasteiger partial charge on any atom is 0.412 e. The first kappa shape index (κ1) is 23.4. The van der Waals surface area contributed by atoms with Gasteiger partial charge in [-0.2, -0.15) is 8.42 Å². The van der Waals surface area contributed by atoms with E-state index in [9.17, 15) is 18.3 Å². The molecule has 10 heteroatoms. The molecule has 1 unspecified atom stereocenters. The molecule has 4 rings (SSSR count). The van der Waals surface area contributed by atoms with E-state index in [-0.39, 0.29) is 47.7 Å². The molecule has 9 nitrogen and oxygen atoms in total. The summed E-state index contributed by atoms with van der Waals surface area (Å²) >= 11 is 0. The number of carbonyl (C=O) groups is 1. The monoisotopic (exact) mass is 485 g/mol. The van der Waals surface area contributed by atoms with Crippen molar-refractivity contribution in [1.29, 1.82) is 0 Å². The van der Waals surface area contributed by atoms with Crippen molar-refractivity contribution >= 4 is 21.9 Å². The van der Waals surface area contributed by atoms with Crippen LogP contribution in [0.25, 0.3) is 0 Å². The molecule has 2 N–H and O–H groups in total. The van der Waals surface area contributed by atoms with E-state index < -0.39 is 22.3 Å². The van der Waals surface area contributed by atoms with Crippen molar-refractivity contribution in [3.8, 4) is 17.2 Å². The van der Waals surface area contributed by atoms with E-state index in [0.717, 1.165) is 11.1 Å². The zero-order valence-corrected chi connectivity index (χ0v) is 19.1. The molecule has 0 bridgehead atoms. The van der Waals surface area contributed by atoms with Gasteiger partial charge in [0.15, 0.2) is 17.6 Å². The van der Waals surface area contributed by atoms with Crippen LogP contribution in [0, 0.1) is 6.92 Å². The number of carbonyl (C=O) groups excluding carboxylic acids is 1. The molecule has 1 heterocycles. The third-order valence-electron chi connectivity index (χ3n) is 4.97. The zero-order valence-electron chi connectivity index (χ0n) is 18.3. The number of ether oxygens (including phenoxy) is 3. The molecule has 3 aromatic rings. The van der Waals surface area contributed by atoms with E-state index in [1.807, 2.05) is 37.3 Å². The molecular formula is C24H23NO8S. The summed E-state index contributed by atoms with van der Waals surface area (Å²) in [4.78, 5) is 12.2. The Morgan fingerprint density at radius 3 is 2.56 bits per heavy atom. The van der Waals surface area contributed by atoms with E-state index in [1.54, 1.807) is 12.1 Å². The van der Waals surface area contributed by atoms with Gasteiger partial charge in [0.1, 0.15) is 19.8 Å². The summed E-state index contributed by atoms with van der Waals surface area (Å²) in [6.45, 7) is 1.60. The van der Waals surface area contributed by atoms with Crippen LogP contribution in [0.3, 0.4) is 0 Å². The Labute approximate surface area is 197 Å². The van der Waals surface area contributed by atoms with Crippen LogP contribution >= 0.6 is 0 Å². The van der Waals surface area contributed by atoms with Crippen molar-refractivity contribution in [1.82, 2.24) is 0 Å². The summed E-state index contributed by atoms with van der Waals surface area (Å²) in [6.07, 6.45) is -1.57. The number of benzene rings is 3.